The second-order valence-electron chi connectivity index (χ2n) is 4.92. The Morgan fingerprint density at radius 3 is 3.05 bits per heavy atom. The summed E-state index contributed by atoms with van der Waals surface area (Å²) in [6, 6.07) is 9.02. The van der Waals surface area contributed by atoms with Crippen LogP contribution < -0.4 is 5.32 Å². The van der Waals surface area contributed by atoms with Crippen LogP contribution >= 0.6 is 0 Å². The van der Waals surface area contributed by atoms with Crippen molar-refractivity contribution in [2.24, 2.45) is 0 Å². The molecule has 3 rings (SSSR count). The van der Waals surface area contributed by atoms with E-state index in [1.807, 2.05) is 31.2 Å². The zero-order valence-corrected chi connectivity index (χ0v) is 11.8. The minimum atomic E-state index is -0.218. The van der Waals surface area contributed by atoms with Crippen LogP contribution in [0.2, 0.25) is 0 Å². The highest BCUT2D eigenvalue weighted by atomic mass is 16.5. The van der Waals surface area contributed by atoms with Gasteiger partial charge in [-0.3, -0.25) is 5.32 Å². The predicted molar refractivity (Wildman–Crippen MR) is 77.0 cm³/mol. The molecule has 110 valence electrons. The number of pyridine rings is 1. The molecule has 0 radical (unpaired) electrons. The molecule has 3 heterocycles. The third-order valence-electron chi connectivity index (χ3n) is 3.34. The Hall–Kier alpha value is -2.34. The summed E-state index contributed by atoms with van der Waals surface area (Å²) in [5, 5.41) is 2.81. The summed E-state index contributed by atoms with van der Waals surface area (Å²) in [6.07, 6.45) is 1.39. The Morgan fingerprint density at radius 1 is 1.38 bits per heavy atom. The topological polar surface area (TPSA) is 67.6 Å². The lowest BCUT2D eigenvalue weighted by molar-refractivity contribution is -0.0242. The van der Waals surface area contributed by atoms with Crippen molar-refractivity contribution in [2.45, 2.75) is 13.0 Å². The number of hydrogen-bond acceptors (Lipinski definition) is 4. The largest absolute Gasteiger partial charge is 0.467 e. The Morgan fingerprint density at radius 2 is 2.29 bits per heavy atom. The average molecular weight is 287 g/mol. The van der Waals surface area contributed by atoms with Gasteiger partial charge in [0.25, 0.3) is 0 Å². The number of ether oxygens (including phenoxy) is 1. The second-order valence-corrected chi connectivity index (χ2v) is 4.92. The zero-order valence-electron chi connectivity index (χ0n) is 11.8. The maximum Gasteiger partial charge on any atom is 0.323 e. The second kappa shape index (κ2) is 5.97. The number of amides is 2. The van der Waals surface area contributed by atoms with Crippen LogP contribution in [0, 0.1) is 6.92 Å². The van der Waals surface area contributed by atoms with Crippen molar-refractivity contribution in [3.63, 3.8) is 0 Å². The number of rotatable bonds is 2. The molecule has 1 aliphatic heterocycles. The van der Waals surface area contributed by atoms with Crippen LogP contribution in [0.15, 0.2) is 41.0 Å². The molecule has 0 aliphatic carbocycles. The molecule has 6 heteroatoms. The lowest BCUT2D eigenvalue weighted by atomic mass is 10.2. The summed E-state index contributed by atoms with van der Waals surface area (Å²) >= 11 is 0. The minimum Gasteiger partial charge on any atom is -0.467 e. The van der Waals surface area contributed by atoms with Crippen LogP contribution in [-0.2, 0) is 4.74 Å². The number of carbonyl (C=O) groups is 1. The first-order chi connectivity index (χ1) is 10.2. The SMILES string of the molecule is Cc1cccc(NC(=O)N2CCOC(c3ccco3)C2)n1. The van der Waals surface area contributed by atoms with E-state index in [2.05, 4.69) is 10.3 Å². The van der Waals surface area contributed by atoms with Gasteiger partial charge in [0.2, 0.25) is 0 Å². The van der Waals surface area contributed by atoms with E-state index in [1.54, 1.807) is 17.2 Å². The fraction of sp³-hybridized carbons (Fsp3) is 0.333. The van der Waals surface area contributed by atoms with Crippen LogP contribution in [0.3, 0.4) is 0 Å². The molecule has 1 atom stereocenters. The first-order valence-corrected chi connectivity index (χ1v) is 6.87. The van der Waals surface area contributed by atoms with Gasteiger partial charge in [0.05, 0.1) is 19.4 Å². The first-order valence-electron chi connectivity index (χ1n) is 6.87. The molecule has 1 fully saturated rings. The van der Waals surface area contributed by atoms with Gasteiger partial charge < -0.3 is 14.1 Å². The van der Waals surface area contributed by atoms with E-state index in [0.29, 0.717) is 25.5 Å². The molecule has 21 heavy (non-hydrogen) atoms. The number of furan rings is 1. The summed E-state index contributed by atoms with van der Waals surface area (Å²) in [5.41, 5.74) is 0.864. The smallest absolute Gasteiger partial charge is 0.323 e. The van der Waals surface area contributed by atoms with Crippen molar-refractivity contribution in [2.75, 3.05) is 25.0 Å². The molecule has 0 saturated carbocycles. The van der Waals surface area contributed by atoms with Crippen LogP contribution in [0.1, 0.15) is 17.6 Å². The van der Waals surface area contributed by atoms with E-state index in [0.717, 1.165) is 11.5 Å². The van der Waals surface area contributed by atoms with E-state index in [1.165, 1.54) is 0 Å². The van der Waals surface area contributed by atoms with E-state index >= 15 is 0 Å². The summed E-state index contributed by atoms with van der Waals surface area (Å²) in [5.74, 6) is 1.29. The molecule has 6 nitrogen and oxygen atoms in total. The van der Waals surface area contributed by atoms with Crippen molar-refractivity contribution >= 4 is 11.8 Å². The Labute approximate surface area is 122 Å². The molecule has 1 N–H and O–H groups in total. The van der Waals surface area contributed by atoms with Crippen molar-refractivity contribution in [1.82, 2.24) is 9.88 Å². The first kappa shape index (κ1) is 13.6. The fourth-order valence-corrected chi connectivity index (χ4v) is 2.28. The van der Waals surface area contributed by atoms with Gasteiger partial charge >= 0.3 is 6.03 Å². The van der Waals surface area contributed by atoms with Gasteiger partial charge in [0, 0.05) is 12.2 Å². The Balaban J connectivity index is 1.64. The van der Waals surface area contributed by atoms with Crippen molar-refractivity contribution in [3.05, 3.63) is 48.0 Å². The molecule has 0 bridgehead atoms. The highest BCUT2D eigenvalue weighted by Crippen LogP contribution is 2.22. The summed E-state index contributed by atoms with van der Waals surface area (Å²) in [7, 11) is 0. The molecular formula is C15H17N3O3. The number of aromatic nitrogens is 1. The maximum absolute atomic E-state index is 12.3. The van der Waals surface area contributed by atoms with Gasteiger partial charge in [0.15, 0.2) is 0 Å². The summed E-state index contributed by atoms with van der Waals surface area (Å²) in [6.45, 7) is 3.39. The molecule has 2 aromatic heterocycles. The number of nitrogens with one attached hydrogen (secondary N) is 1. The molecule has 1 saturated heterocycles. The molecule has 1 aliphatic rings. The third-order valence-corrected chi connectivity index (χ3v) is 3.34. The standard InChI is InChI=1S/C15H17N3O3/c1-11-4-2-6-14(16-11)17-15(19)18-7-9-21-13(10-18)12-5-3-8-20-12/h2-6,8,13H,7,9-10H2,1H3,(H,16,17,19). The van der Waals surface area contributed by atoms with E-state index in [9.17, 15) is 4.79 Å². The number of hydrogen-bond donors (Lipinski definition) is 1. The Bertz CT molecular complexity index is 612. The Kier molecular flexibility index (Phi) is 3.87. The van der Waals surface area contributed by atoms with Gasteiger partial charge in [0.1, 0.15) is 17.7 Å². The number of carbonyl (C=O) groups excluding carboxylic acids is 1. The van der Waals surface area contributed by atoms with Crippen LogP contribution in [-0.4, -0.2) is 35.6 Å². The molecular weight excluding hydrogens is 270 g/mol. The number of morpholine rings is 1. The normalized spacial score (nSPS) is 18.5. The number of urea groups is 1. The van der Waals surface area contributed by atoms with Crippen molar-refractivity contribution < 1.29 is 13.9 Å². The number of aryl methyl sites for hydroxylation is 1. The fourth-order valence-electron chi connectivity index (χ4n) is 2.28. The maximum atomic E-state index is 12.3. The predicted octanol–water partition coefficient (Wildman–Crippen LogP) is 2.59. The van der Waals surface area contributed by atoms with Gasteiger partial charge in [-0.25, -0.2) is 9.78 Å². The number of nitrogens with zero attached hydrogens (tertiary/aromatic N) is 2. The summed E-state index contributed by atoms with van der Waals surface area (Å²) < 4.78 is 11.0. The highest BCUT2D eigenvalue weighted by Gasteiger charge is 2.27. The quantitative estimate of drug-likeness (QED) is 0.922. The number of anilines is 1. The lowest BCUT2D eigenvalue weighted by Crippen LogP contribution is -2.44. The zero-order chi connectivity index (χ0) is 14.7. The van der Waals surface area contributed by atoms with E-state index < -0.39 is 0 Å². The van der Waals surface area contributed by atoms with Crippen LogP contribution in [0.5, 0.6) is 0 Å². The molecule has 0 aromatic carbocycles. The molecule has 2 amide bonds. The average Bonchev–Trinajstić information content (AvgIpc) is 3.02. The third kappa shape index (κ3) is 3.22. The van der Waals surface area contributed by atoms with Gasteiger partial charge in [-0.15, -0.1) is 0 Å². The lowest BCUT2D eigenvalue weighted by Gasteiger charge is -2.31. The monoisotopic (exact) mass is 287 g/mol. The highest BCUT2D eigenvalue weighted by molar-refractivity contribution is 5.88. The van der Waals surface area contributed by atoms with Crippen molar-refractivity contribution in [3.8, 4) is 0 Å². The van der Waals surface area contributed by atoms with Gasteiger partial charge in [-0.2, -0.15) is 0 Å². The summed E-state index contributed by atoms with van der Waals surface area (Å²) in [4.78, 5) is 18.3. The van der Waals surface area contributed by atoms with Gasteiger partial charge in [-0.05, 0) is 31.2 Å². The van der Waals surface area contributed by atoms with Gasteiger partial charge in [-0.1, -0.05) is 6.07 Å². The molecule has 1 unspecified atom stereocenters. The molecule has 0 spiro atoms. The van der Waals surface area contributed by atoms with Crippen molar-refractivity contribution in [1.29, 1.82) is 0 Å². The minimum absolute atomic E-state index is 0.173. The van der Waals surface area contributed by atoms with Crippen LogP contribution in [0.4, 0.5) is 10.6 Å². The van der Waals surface area contributed by atoms with E-state index in [4.69, 9.17) is 9.15 Å². The van der Waals surface area contributed by atoms with E-state index in [-0.39, 0.29) is 12.1 Å². The van der Waals surface area contributed by atoms with Crippen LogP contribution in [0.25, 0.3) is 0 Å². The molecule has 2 aromatic rings.